The highest BCUT2D eigenvalue weighted by Crippen LogP contribution is 2.18. The maximum Gasteiger partial charge on any atom is 0.276 e. The average Bonchev–Trinajstić information content (AvgIpc) is 1.82. The van der Waals surface area contributed by atoms with Gasteiger partial charge in [-0.1, -0.05) is 0 Å². The van der Waals surface area contributed by atoms with Crippen molar-refractivity contribution in [3.63, 3.8) is 0 Å². The fraction of sp³-hybridized carbons (Fsp3) is 1.00. The van der Waals surface area contributed by atoms with Crippen molar-refractivity contribution in [2.24, 2.45) is 0 Å². The van der Waals surface area contributed by atoms with Gasteiger partial charge >= 0.3 is 0 Å². The van der Waals surface area contributed by atoms with Gasteiger partial charge in [-0.2, -0.15) is 0 Å². The summed E-state index contributed by atoms with van der Waals surface area (Å²) >= 11 is 0. The minimum atomic E-state index is -1.96. The minimum absolute atomic E-state index is 0.790. The van der Waals surface area contributed by atoms with Gasteiger partial charge in [0, 0.05) is 20.9 Å². The molecule has 0 spiro atoms. The second-order valence-electron chi connectivity index (χ2n) is 1.37. The van der Waals surface area contributed by atoms with Gasteiger partial charge in [-0.25, -0.2) is 0 Å². The summed E-state index contributed by atoms with van der Waals surface area (Å²) < 4.78 is 24.2. The van der Waals surface area contributed by atoms with Gasteiger partial charge in [-0.3, -0.25) is 9.09 Å². The first-order valence-electron chi connectivity index (χ1n) is 2.43. The normalized spacial score (nSPS) is 14.2. The van der Waals surface area contributed by atoms with Crippen molar-refractivity contribution in [2.75, 3.05) is 20.9 Å². The van der Waals surface area contributed by atoms with Crippen LogP contribution in [-0.2, 0) is 18.6 Å². The van der Waals surface area contributed by atoms with Gasteiger partial charge in [0.15, 0.2) is 8.03 Å². The molecule has 0 saturated heterocycles. The molecule has 56 valence electrons. The Morgan fingerprint density at radius 2 is 1.78 bits per heavy atom. The van der Waals surface area contributed by atoms with Crippen LogP contribution in [-0.4, -0.2) is 27.4 Å². The van der Waals surface area contributed by atoms with Crippen LogP contribution >= 0.6 is 8.03 Å². The van der Waals surface area contributed by atoms with E-state index < -0.39 is 14.5 Å². The van der Waals surface area contributed by atoms with Gasteiger partial charge in [-0.15, -0.1) is 0 Å². The Labute approximate surface area is 55.0 Å². The van der Waals surface area contributed by atoms with Crippen LogP contribution < -0.4 is 0 Å². The van der Waals surface area contributed by atoms with E-state index in [9.17, 15) is 4.57 Å². The van der Waals surface area contributed by atoms with Gasteiger partial charge in [0.25, 0.3) is 6.48 Å². The molecule has 0 aromatic rings. The quantitative estimate of drug-likeness (QED) is 0.441. The first-order valence-corrected chi connectivity index (χ1v) is 4.25. The average molecular weight is 154 g/mol. The lowest BCUT2D eigenvalue weighted by Gasteiger charge is -2.10. The predicted molar refractivity (Wildman–Crippen MR) is 33.8 cm³/mol. The van der Waals surface area contributed by atoms with Crippen molar-refractivity contribution in [3.05, 3.63) is 0 Å². The summed E-state index contributed by atoms with van der Waals surface area (Å²) in [7, 11) is 0.874. The molecule has 1 unspecified atom stereocenters. The lowest BCUT2D eigenvalue weighted by molar-refractivity contribution is -0.216. The van der Waals surface area contributed by atoms with Crippen LogP contribution in [0.5, 0.6) is 0 Å². The van der Waals surface area contributed by atoms with Crippen LogP contribution in [0.3, 0.4) is 0 Å². The summed E-state index contributed by atoms with van der Waals surface area (Å²) in [5.41, 5.74) is 0. The van der Waals surface area contributed by atoms with E-state index in [2.05, 4.69) is 14.0 Å². The number of hydrogen-bond acceptors (Lipinski definition) is 4. The van der Waals surface area contributed by atoms with Gasteiger partial charge in [0.2, 0.25) is 0 Å². The summed E-state index contributed by atoms with van der Waals surface area (Å²) in [6.45, 7) is 0.678. The summed E-state index contributed by atoms with van der Waals surface area (Å²) in [5, 5.41) is 0. The maximum absolute atomic E-state index is 10.4. The van der Waals surface area contributed by atoms with Crippen LogP contribution in [0.2, 0.25) is 0 Å². The van der Waals surface area contributed by atoms with Gasteiger partial charge in [0.05, 0.1) is 0 Å². The van der Waals surface area contributed by atoms with Crippen LogP contribution in [0, 0.1) is 0 Å². The molecule has 9 heavy (non-hydrogen) atoms. The third kappa shape index (κ3) is 4.60. The number of methoxy groups -OCH3 is 2. The molecule has 0 fully saturated rings. The molecular weight excluding hydrogens is 143 g/mol. The van der Waals surface area contributed by atoms with E-state index in [4.69, 9.17) is 0 Å². The second kappa shape index (κ2) is 4.94. The van der Waals surface area contributed by atoms with E-state index >= 15 is 0 Å². The molecule has 0 bridgehead atoms. The molecule has 0 aliphatic rings. The third-order valence-electron chi connectivity index (χ3n) is 0.647. The van der Waals surface area contributed by atoms with Crippen molar-refractivity contribution in [3.8, 4) is 0 Å². The smallest absolute Gasteiger partial charge is 0.276 e. The standard InChI is InChI=1S/C4H11O4P/c1-6-4(7-2)8-9(3)5/h4,9H,1-3H3. The molecule has 5 heteroatoms. The van der Waals surface area contributed by atoms with Gasteiger partial charge in [-0.05, 0) is 0 Å². The van der Waals surface area contributed by atoms with E-state index in [-0.39, 0.29) is 0 Å². The highest BCUT2D eigenvalue weighted by atomic mass is 31.1. The van der Waals surface area contributed by atoms with Crippen molar-refractivity contribution in [1.29, 1.82) is 0 Å². The fourth-order valence-electron chi connectivity index (χ4n) is 0.328. The van der Waals surface area contributed by atoms with Gasteiger partial charge in [0.1, 0.15) is 0 Å². The molecular formula is C4H11O4P. The van der Waals surface area contributed by atoms with Crippen LogP contribution in [0.15, 0.2) is 0 Å². The number of rotatable bonds is 4. The summed E-state index contributed by atoms with van der Waals surface area (Å²) in [4.78, 5) is 0. The number of ether oxygens (including phenoxy) is 2. The molecule has 0 amide bonds. The molecule has 1 atom stereocenters. The fourth-order valence-corrected chi connectivity index (χ4v) is 0.791. The lowest BCUT2D eigenvalue weighted by atomic mass is 11.2. The molecule has 0 aromatic carbocycles. The Balaban J connectivity index is 3.43. The SMILES string of the molecule is COC(OC)O[PH](C)=O. The van der Waals surface area contributed by atoms with Crippen molar-refractivity contribution in [1.82, 2.24) is 0 Å². The van der Waals surface area contributed by atoms with E-state index in [0.29, 0.717) is 0 Å². The lowest BCUT2D eigenvalue weighted by Crippen LogP contribution is -2.13. The Bertz CT molecular complexity index is 90.6. The van der Waals surface area contributed by atoms with Crippen molar-refractivity contribution < 1.29 is 18.6 Å². The first-order chi connectivity index (χ1) is 4.20. The molecule has 0 aromatic heterocycles. The highest BCUT2D eigenvalue weighted by Gasteiger charge is 2.04. The number of hydrogen-bond donors (Lipinski definition) is 0. The van der Waals surface area contributed by atoms with E-state index in [1.807, 2.05) is 0 Å². The van der Waals surface area contributed by atoms with Crippen molar-refractivity contribution >= 4 is 8.03 Å². The maximum atomic E-state index is 10.4. The van der Waals surface area contributed by atoms with Crippen molar-refractivity contribution in [2.45, 2.75) is 6.48 Å². The Hall–Kier alpha value is 0.110. The van der Waals surface area contributed by atoms with E-state index in [1.165, 1.54) is 20.9 Å². The first kappa shape index (κ1) is 9.11. The minimum Gasteiger partial charge on any atom is -0.333 e. The topological polar surface area (TPSA) is 44.8 Å². The molecule has 4 nitrogen and oxygen atoms in total. The molecule has 0 saturated carbocycles. The zero-order valence-electron chi connectivity index (χ0n) is 5.71. The zero-order valence-corrected chi connectivity index (χ0v) is 6.71. The summed E-state index contributed by atoms with van der Waals surface area (Å²) in [6.07, 6.45) is 0. The Morgan fingerprint density at radius 1 is 1.33 bits per heavy atom. The second-order valence-corrected chi connectivity index (χ2v) is 2.59. The van der Waals surface area contributed by atoms with Gasteiger partial charge < -0.3 is 9.47 Å². The van der Waals surface area contributed by atoms with Crippen LogP contribution in [0.25, 0.3) is 0 Å². The van der Waals surface area contributed by atoms with E-state index in [1.54, 1.807) is 0 Å². The molecule has 0 aliphatic heterocycles. The highest BCUT2D eigenvalue weighted by molar-refractivity contribution is 7.38. The van der Waals surface area contributed by atoms with Crippen LogP contribution in [0.1, 0.15) is 0 Å². The molecule has 0 heterocycles. The molecule has 0 aliphatic carbocycles. The predicted octanol–water partition coefficient (Wildman–Crippen LogP) is 0.684. The van der Waals surface area contributed by atoms with E-state index in [0.717, 1.165) is 0 Å². The zero-order chi connectivity index (χ0) is 7.28. The molecule has 0 rings (SSSR count). The molecule has 0 radical (unpaired) electrons. The third-order valence-corrected chi connectivity index (χ3v) is 1.17. The largest absolute Gasteiger partial charge is 0.333 e. The monoisotopic (exact) mass is 154 g/mol. The van der Waals surface area contributed by atoms with Crippen LogP contribution in [0.4, 0.5) is 0 Å². The summed E-state index contributed by atoms with van der Waals surface area (Å²) in [6, 6.07) is 0. The molecule has 0 N–H and O–H groups in total. The Kier molecular flexibility index (Phi) is 5.00. The Morgan fingerprint density at radius 3 is 1.89 bits per heavy atom. The summed E-state index contributed by atoms with van der Waals surface area (Å²) in [5.74, 6) is 0.